The summed E-state index contributed by atoms with van der Waals surface area (Å²) in [4.78, 5) is 0.694. The average Bonchev–Trinajstić information content (AvgIpc) is 2.38. The molecule has 1 N–H and O–H groups in total. The highest BCUT2D eigenvalue weighted by Crippen LogP contribution is 2.22. The summed E-state index contributed by atoms with van der Waals surface area (Å²) in [6, 6.07) is 5.60. The Morgan fingerprint density at radius 1 is 1.44 bits per heavy atom. The lowest BCUT2D eigenvalue weighted by atomic mass is 10.1. The normalized spacial score (nSPS) is 12.1. The maximum absolute atomic E-state index is 13.6. The van der Waals surface area contributed by atoms with Gasteiger partial charge in [-0.05, 0) is 50.3 Å². The second-order valence-electron chi connectivity index (χ2n) is 4.23. The molecule has 0 radical (unpaired) electrons. The zero-order valence-corrected chi connectivity index (χ0v) is 11.8. The van der Waals surface area contributed by atoms with Crippen LogP contribution in [0.15, 0.2) is 23.1 Å². The molecule has 3 heteroatoms. The van der Waals surface area contributed by atoms with E-state index in [1.807, 2.05) is 18.4 Å². The summed E-state index contributed by atoms with van der Waals surface area (Å²) in [6.45, 7) is 2.96. The largest absolute Gasteiger partial charge is 0.310 e. The van der Waals surface area contributed by atoms with E-state index in [1.54, 1.807) is 6.07 Å². The molecule has 1 nitrogen and oxygen atoms in total. The number of hydrogen-bond donors (Lipinski definition) is 1. The minimum Gasteiger partial charge on any atom is -0.310 e. The fourth-order valence-electron chi connectivity index (χ4n) is 1.74. The van der Waals surface area contributed by atoms with Gasteiger partial charge in [-0.25, -0.2) is 4.39 Å². The molecule has 0 saturated carbocycles. The minimum atomic E-state index is -0.138. The molecule has 1 aromatic carbocycles. The molecular weight excluding hydrogens is 245 g/mol. The van der Waals surface area contributed by atoms with Crippen LogP contribution in [0.3, 0.4) is 0 Å². The molecule has 0 heterocycles. The van der Waals surface area contributed by atoms with E-state index in [9.17, 15) is 4.39 Å². The van der Waals surface area contributed by atoms with Crippen molar-refractivity contribution in [3.8, 4) is 12.3 Å². The lowest BCUT2D eigenvalue weighted by Crippen LogP contribution is -2.19. The van der Waals surface area contributed by atoms with Gasteiger partial charge in [0.2, 0.25) is 0 Å². The lowest BCUT2D eigenvalue weighted by Gasteiger charge is -2.14. The van der Waals surface area contributed by atoms with Gasteiger partial charge in [0, 0.05) is 17.4 Å². The highest BCUT2D eigenvalue weighted by Gasteiger charge is 2.08. The lowest BCUT2D eigenvalue weighted by molar-refractivity contribution is 0.540. The van der Waals surface area contributed by atoms with Crippen LogP contribution in [0.1, 0.15) is 37.8 Å². The van der Waals surface area contributed by atoms with Gasteiger partial charge in [0.1, 0.15) is 5.82 Å². The molecule has 0 saturated heterocycles. The molecule has 18 heavy (non-hydrogen) atoms. The summed E-state index contributed by atoms with van der Waals surface area (Å²) >= 11 is 1.43. The molecule has 0 aliphatic heterocycles. The molecule has 1 rings (SSSR count). The van der Waals surface area contributed by atoms with Crippen LogP contribution < -0.4 is 5.32 Å². The van der Waals surface area contributed by atoms with Crippen molar-refractivity contribution >= 4 is 11.8 Å². The zero-order chi connectivity index (χ0) is 13.4. The predicted octanol–water partition coefficient (Wildman–Crippen LogP) is 4.00. The van der Waals surface area contributed by atoms with Crippen molar-refractivity contribution in [1.29, 1.82) is 0 Å². The Morgan fingerprint density at radius 2 is 2.22 bits per heavy atom. The number of thioether (sulfide) groups is 1. The molecule has 0 amide bonds. The number of terminal acetylenes is 1. The van der Waals surface area contributed by atoms with Crippen molar-refractivity contribution in [2.45, 2.75) is 37.1 Å². The van der Waals surface area contributed by atoms with Crippen LogP contribution in [0.25, 0.3) is 0 Å². The third-order valence-electron chi connectivity index (χ3n) is 2.87. The zero-order valence-electron chi connectivity index (χ0n) is 11.0. The standard InChI is InChI=1S/C15H20FNS/c1-4-5-6-7-10-17-12(2)13-8-9-15(18-3)14(16)11-13/h1,8-9,11-12,17H,5-7,10H2,2-3H3/t12-/m1/s1. The van der Waals surface area contributed by atoms with Crippen molar-refractivity contribution < 1.29 is 4.39 Å². The van der Waals surface area contributed by atoms with E-state index in [4.69, 9.17) is 6.42 Å². The molecule has 0 spiro atoms. The highest BCUT2D eigenvalue weighted by molar-refractivity contribution is 7.98. The van der Waals surface area contributed by atoms with Crippen LogP contribution in [0.2, 0.25) is 0 Å². The fourth-order valence-corrected chi connectivity index (χ4v) is 2.20. The van der Waals surface area contributed by atoms with Crippen molar-refractivity contribution in [3.05, 3.63) is 29.6 Å². The van der Waals surface area contributed by atoms with Gasteiger partial charge < -0.3 is 5.32 Å². The van der Waals surface area contributed by atoms with Gasteiger partial charge in [-0.15, -0.1) is 24.1 Å². The van der Waals surface area contributed by atoms with Gasteiger partial charge in [-0.2, -0.15) is 0 Å². The van der Waals surface area contributed by atoms with Gasteiger partial charge >= 0.3 is 0 Å². The van der Waals surface area contributed by atoms with E-state index in [-0.39, 0.29) is 11.9 Å². The van der Waals surface area contributed by atoms with Gasteiger partial charge in [-0.1, -0.05) is 6.07 Å². The van der Waals surface area contributed by atoms with Crippen LogP contribution >= 0.6 is 11.8 Å². The molecule has 1 atom stereocenters. The van der Waals surface area contributed by atoms with Crippen LogP contribution in [-0.4, -0.2) is 12.8 Å². The second kappa shape index (κ2) is 8.18. The Labute approximate surface area is 114 Å². The first-order chi connectivity index (χ1) is 8.69. The quantitative estimate of drug-likeness (QED) is 0.454. The van der Waals surface area contributed by atoms with Crippen LogP contribution in [0, 0.1) is 18.2 Å². The molecule has 0 aromatic heterocycles. The summed E-state index contributed by atoms with van der Waals surface area (Å²) in [6.07, 6.45) is 9.99. The first kappa shape index (κ1) is 15.1. The third kappa shape index (κ3) is 4.72. The minimum absolute atomic E-state index is 0.138. The molecule has 0 aliphatic carbocycles. The van der Waals surface area contributed by atoms with E-state index in [0.717, 1.165) is 31.4 Å². The average molecular weight is 265 g/mol. The predicted molar refractivity (Wildman–Crippen MR) is 77.3 cm³/mol. The smallest absolute Gasteiger partial charge is 0.137 e. The number of hydrogen-bond acceptors (Lipinski definition) is 2. The monoisotopic (exact) mass is 265 g/mol. The SMILES string of the molecule is C#CCCCCN[C@H](C)c1ccc(SC)c(F)c1. The van der Waals surface area contributed by atoms with Crippen LogP contribution in [0.4, 0.5) is 4.39 Å². The van der Waals surface area contributed by atoms with Crippen molar-refractivity contribution in [1.82, 2.24) is 5.32 Å². The first-order valence-electron chi connectivity index (χ1n) is 6.19. The maximum Gasteiger partial charge on any atom is 0.137 e. The molecule has 0 aliphatic rings. The second-order valence-corrected chi connectivity index (χ2v) is 5.08. The Morgan fingerprint density at radius 3 is 2.83 bits per heavy atom. The molecule has 0 fully saturated rings. The Kier molecular flexibility index (Phi) is 6.85. The fraction of sp³-hybridized carbons (Fsp3) is 0.467. The van der Waals surface area contributed by atoms with E-state index in [0.29, 0.717) is 4.90 Å². The summed E-state index contributed by atoms with van der Waals surface area (Å²) in [5.41, 5.74) is 0.988. The van der Waals surface area contributed by atoms with E-state index >= 15 is 0 Å². The summed E-state index contributed by atoms with van der Waals surface area (Å²) < 4.78 is 13.6. The summed E-state index contributed by atoms with van der Waals surface area (Å²) in [5.74, 6) is 2.49. The topological polar surface area (TPSA) is 12.0 Å². The summed E-state index contributed by atoms with van der Waals surface area (Å²) in [7, 11) is 0. The Bertz CT molecular complexity index is 411. The molecule has 98 valence electrons. The number of rotatable bonds is 7. The van der Waals surface area contributed by atoms with Crippen molar-refractivity contribution in [3.63, 3.8) is 0 Å². The molecular formula is C15H20FNS. The Balaban J connectivity index is 2.44. The first-order valence-corrected chi connectivity index (χ1v) is 7.41. The van der Waals surface area contributed by atoms with Crippen LogP contribution in [-0.2, 0) is 0 Å². The molecule has 0 unspecified atom stereocenters. The molecule has 1 aromatic rings. The van der Waals surface area contributed by atoms with E-state index in [1.165, 1.54) is 11.8 Å². The van der Waals surface area contributed by atoms with Crippen LogP contribution in [0.5, 0.6) is 0 Å². The van der Waals surface area contributed by atoms with Gasteiger partial charge in [0.05, 0.1) is 0 Å². The van der Waals surface area contributed by atoms with Crippen molar-refractivity contribution in [2.24, 2.45) is 0 Å². The highest BCUT2D eigenvalue weighted by atomic mass is 32.2. The number of unbranched alkanes of at least 4 members (excludes halogenated alkanes) is 2. The molecule has 0 bridgehead atoms. The Hall–Kier alpha value is -0.980. The van der Waals surface area contributed by atoms with Crippen molar-refractivity contribution in [2.75, 3.05) is 12.8 Å². The van der Waals surface area contributed by atoms with E-state index in [2.05, 4.69) is 18.2 Å². The van der Waals surface area contributed by atoms with Gasteiger partial charge in [0.15, 0.2) is 0 Å². The van der Waals surface area contributed by atoms with E-state index < -0.39 is 0 Å². The van der Waals surface area contributed by atoms with Gasteiger partial charge in [-0.3, -0.25) is 0 Å². The number of nitrogens with one attached hydrogen (secondary N) is 1. The summed E-state index contributed by atoms with van der Waals surface area (Å²) in [5, 5.41) is 3.38. The van der Waals surface area contributed by atoms with Gasteiger partial charge in [0.25, 0.3) is 0 Å². The number of benzene rings is 1. The number of halogens is 1. The maximum atomic E-state index is 13.6. The third-order valence-corrected chi connectivity index (χ3v) is 3.65.